The smallest absolute Gasteiger partial charge is 0.305 e. The van der Waals surface area contributed by atoms with Gasteiger partial charge in [-0.15, -0.1) is 0 Å². The standard InChI is InChI=1S/C20H24O4/c1-12-6-5-7-14(8-12)15-9-18(23-13(2)21)24-17-11-20(3,4)10-16(22)19(15)17/h5-8,15,18H,9-11H2,1-4H3/t15-,18-/m0/s1. The zero-order chi connectivity index (χ0) is 17.5. The van der Waals surface area contributed by atoms with Gasteiger partial charge in [-0.1, -0.05) is 43.7 Å². The van der Waals surface area contributed by atoms with E-state index in [-0.39, 0.29) is 23.1 Å². The maximum Gasteiger partial charge on any atom is 0.305 e. The van der Waals surface area contributed by atoms with Gasteiger partial charge >= 0.3 is 5.97 Å². The molecule has 0 bridgehead atoms. The van der Waals surface area contributed by atoms with Crippen LogP contribution in [0.15, 0.2) is 35.6 Å². The number of ketones is 1. The lowest BCUT2D eigenvalue weighted by molar-refractivity contribution is -0.174. The average molecular weight is 328 g/mol. The lowest BCUT2D eigenvalue weighted by atomic mass is 9.71. The molecule has 2 atom stereocenters. The molecule has 1 heterocycles. The number of benzene rings is 1. The van der Waals surface area contributed by atoms with E-state index in [1.54, 1.807) is 0 Å². The summed E-state index contributed by atoms with van der Waals surface area (Å²) in [5, 5.41) is 0. The molecule has 1 aliphatic heterocycles. The SMILES string of the molecule is CC(=O)O[C@@H]1C[C@@H](c2cccc(C)c2)C2=C(CC(C)(C)CC2=O)O1. The summed E-state index contributed by atoms with van der Waals surface area (Å²) in [5.41, 5.74) is 2.86. The second-order valence-electron chi connectivity index (χ2n) is 7.64. The van der Waals surface area contributed by atoms with E-state index in [1.807, 2.05) is 25.1 Å². The fraction of sp³-hybridized carbons (Fsp3) is 0.500. The number of allylic oxidation sites excluding steroid dienone is 2. The van der Waals surface area contributed by atoms with Gasteiger partial charge in [0, 0.05) is 37.7 Å². The van der Waals surface area contributed by atoms with Crippen molar-refractivity contribution in [1.82, 2.24) is 0 Å². The first-order valence-corrected chi connectivity index (χ1v) is 8.42. The molecule has 0 unspecified atom stereocenters. The van der Waals surface area contributed by atoms with E-state index in [0.717, 1.165) is 16.7 Å². The molecule has 0 fully saturated rings. The van der Waals surface area contributed by atoms with Crippen LogP contribution in [0, 0.1) is 12.3 Å². The number of carbonyl (C=O) groups is 2. The minimum absolute atomic E-state index is 0.0819. The highest BCUT2D eigenvalue weighted by atomic mass is 16.7. The van der Waals surface area contributed by atoms with E-state index in [4.69, 9.17) is 9.47 Å². The molecule has 0 aromatic heterocycles. The van der Waals surface area contributed by atoms with Gasteiger partial charge in [0.25, 0.3) is 0 Å². The van der Waals surface area contributed by atoms with Crippen LogP contribution in [0.5, 0.6) is 0 Å². The van der Waals surface area contributed by atoms with Gasteiger partial charge in [-0.2, -0.15) is 0 Å². The molecule has 0 radical (unpaired) electrons. The summed E-state index contributed by atoms with van der Waals surface area (Å²) in [7, 11) is 0. The Morgan fingerprint density at radius 3 is 2.71 bits per heavy atom. The van der Waals surface area contributed by atoms with Gasteiger partial charge in [0.2, 0.25) is 6.29 Å². The van der Waals surface area contributed by atoms with Crippen molar-refractivity contribution in [3.63, 3.8) is 0 Å². The monoisotopic (exact) mass is 328 g/mol. The van der Waals surface area contributed by atoms with Crippen LogP contribution in [-0.2, 0) is 19.1 Å². The largest absolute Gasteiger partial charge is 0.459 e. The summed E-state index contributed by atoms with van der Waals surface area (Å²) in [4.78, 5) is 24.2. The van der Waals surface area contributed by atoms with Gasteiger partial charge < -0.3 is 9.47 Å². The Hall–Kier alpha value is -2.10. The van der Waals surface area contributed by atoms with Crippen molar-refractivity contribution in [2.45, 2.75) is 59.2 Å². The summed E-state index contributed by atoms with van der Waals surface area (Å²) in [6.45, 7) is 7.54. The highest BCUT2D eigenvalue weighted by molar-refractivity contribution is 5.98. The molecular weight excluding hydrogens is 304 g/mol. The molecule has 1 aliphatic carbocycles. The number of rotatable bonds is 2. The van der Waals surface area contributed by atoms with Gasteiger partial charge in [-0.25, -0.2) is 0 Å². The third-order valence-corrected chi connectivity index (χ3v) is 4.67. The van der Waals surface area contributed by atoms with Gasteiger partial charge in [-0.05, 0) is 17.9 Å². The van der Waals surface area contributed by atoms with Crippen molar-refractivity contribution < 1.29 is 19.1 Å². The molecule has 1 aromatic carbocycles. The molecule has 4 heteroatoms. The topological polar surface area (TPSA) is 52.6 Å². The second-order valence-corrected chi connectivity index (χ2v) is 7.64. The number of Topliss-reactive ketones (excluding diaryl/α,β-unsaturated/α-hetero) is 1. The van der Waals surface area contributed by atoms with Crippen LogP contribution in [0.4, 0.5) is 0 Å². The first-order valence-electron chi connectivity index (χ1n) is 8.42. The predicted octanol–water partition coefficient (Wildman–Crippen LogP) is 4.03. The highest BCUT2D eigenvalue weighted by Crippen LogP contribution is 2.47. The van der Waals surface area contributed by atoms with E-state index in [2.05, 4.69) is 19.9 Å². The summed E-state index contributed by atoms with van der Waals surface area (Å²) in [5.74, 6) is 0.393. The zero-order valence-electron chi connectivity index (χ0n) is 14.7. The van der Waals surface area contributed by atoms with Crippen molar-refractivity contribution in [2.24, 2.45) is 5.41 Å². The molecular formula is C20H24O4. The Kier molecular flexibility index (Phi) is 4.24. The molecule has 0 saturated heterocycles. The Balaban J connectivity index is 2.04. The van der Waals surface area contributed by atoms with Crippen molar-refractivity contribution in [2.75, 3.05) is 0 Å². The van der Waals surface area contributed by atoms with Gasteiger partial charge in [0.15, 0.2) is 5.78 Å². The summed E-state index contributed by atoms with van der Waals surface area (Å²) in [6, 6.07) is 8.16. The predicted molar refractivity (Wildman–Crippen MR) is 90.2 cm³/mol. The van der Waals surface area contributed by atoms with Crippen molar-refractivity contribution in [3.05, 3.63) is 46.7 Å². The van der Waals surface area contributed by atoms with E-state index >= 15 is 0 Å². The third kappa shape index (κ3) is 3.37. The van der Waals surface area contributed by atoms with Gasteiger partial charge in [0.05, 0.1) is 0 Å². The van der Waals surface area contributed by atoms with Crippen LogP contribution in [0.2, 0.25) is 0 Å². The number of esters is 1. The second kappa shape index (κ2) is 6.08. The first kappa shape index (κ1) is 16.7. The van der Waals surface area contributed by atoms with E-state index < -0.39 is 6.29 Å². The number of ether oxygens (including phenoxy) is 2. The molecule has 3 rings (SSSR count). The molecule has 0 saturated carbocycles. The van der Waals surface area contributed by atoms with E-state index in [9.17, 15) is 9.59 Å². The highest BCUT2D eigenvalue weighted by Gasteiger charge is 2.43. The maximum absolute atomic E-state index is 12.8. The van der Waals surface area contributed by atoms with E-state index in [1.165, 1.54) is 6.92 Å². The number of hydrogen-bond donors (Lipinski definition) is 0. The van der Waals surface area contributed by atoms with Gasteiger partial charge in [-0.3, -0.25) is 9.59 Å². The normalized spacial score (nSPS) is 25.8. The van der Waals surface area contributed by atoms with Crippen molar-refractivity contribution >= 4 is 11.8 Å². The molecule has 1 aromatic rings. The Morgan fingerprint density at radius 1 is 1.29 bits per heavy atom. The van der Waals surface area contributed by atoms with Gasteiger partial charge in [0.1, 0.15) is 5.76 Å². The van der Waals surface area contributed by atoms with E-state index in [0.29, 0.717) is 25.0 Å². The van der Waals surface area contributed by atoms with Crippen LogP contribution in [-0.4, -0.2) is 18.0 Å². The lowest BCUT2D eigenvalue weighted by Crippen LogP contribution is -2.36. The van der Waals surface area contributed by atoms with Crippen LogP contribution in [0.3, 0.4) is 0 Å². The minimum Gasteiger partial charge on any atom is -0.459 e. The first-order chi connectivity index (χ1) is 11.2. The van der Waals surface area contributed by atoms with Crippen LogP contribution in [0.25, 0.3) is 0 Å². The molecule has 24 heavy (non-hydrogen) atoms. The van der Waals surface area contributed by atoms with Crippen molar-refractivity contribution in [3.8, 4) is 0 Å². The third-order valence-electron chi connectivity index (χ3n) is 4.67. The van der Waals surface area contributed by atoms with Crippen LogP contribution < -0.4 is 0 Å². The van der Waals surface area contributed by atoms with Crippen molar-refractivity contribution in [1.29, 1.82) is 0 Å². The van der Waals surface area contributed by atoms with Crippen LogP contribution in [0.1, 0.15) is 57.1 Å². The fourth-order valence-corrected chi connectivity index (χ4v) is 3.74. The number of hydrogen-bond acceptors (Lipinski definition) is 4. The minimum atomic E-state index is -0.631. The summed E-state index contributed by atoms with van der Waals surface area (Å²) < 4.78 is 11.2. The number of aryl methyl sites for hydroxylation is 1. The maximum atomic E-state index is 12.8. The molecule has 4 nitrogen and oxygen atoms in total. The molecule has 0 amide bonds. The fourth-order valence-electron chi connectivity index (χ4n) is 3.74. The Bertz CT molecular complexity index is 714. The quantitative estimate of drug-likeness (QED) is 0.769. The lowest BCUT2D eigenvalue weighted by Gasteiger charge is -2.40. The zero-order valence-corrected chi connectivity index (χ0v) is 14.7. The molecule has 0 N–H and O–H groups in total. The summed E-state index contributed by atoms with van der Waals surface area (Å²) >= 11 is 0. The Morgan fingerprint density at radius 2 is 2.04 bits per heavy atom. The van der Waals surface area contributed by atoms with Crippen LogP contribution >= 0.6 is 0 Å². The number of carbonyl (C=O) groups excluding carboxylic acids is 2. The molecule has 2 aliphatic rings. The average Bonchev–Trinajstić information content (AvgIpc) is 2.44. The summed E-state index contributed by atoms with van der Waals surface area (Å²) in [6.07, 6.45) is 1.06. The Labute approximate surface area is 142 Å². The molecule has 0 spiro atoms. The molecule has 128 valence electrons.